The van der Waals surface area contributed by atoms with Crippen molar-refractivity contribution >= 4 is 51.7 Å². The Hall–Kier alpha value is -3.30. The molecule has 2 aliphatic rings. The third kappa shape index (κ3) is 3.00. The van der Waals surface area contributed by atoms with Crippen molar-refractivity contribution in [1.29, 1.82) is 0 Å². The Bertz CT molecular complexity index is 1410. The molecule has 5 rings (SSSR count). The van der Waals surface area contributed by atoms with Crippen molar-refractivity contribution in [2.75, 3.05) is 0 Å². The van der Waals surface area contributed by atoms with Crippen LogP contribution in [0.4, 0.5) is 5.69 Å². The highest BCUT2D eigenvalue weighted by atomic mass is 35.5. The summed E-state index contributed by atoms with van der Waals surface area (Å²) in [5.41, 5.74) is 5.16. The van der Waals surface area contributed by atoms with Gasteiger partial charge in [-0.2, -0.15) is 0 Å². The Balaban J connectivity index is 1.51. The van der Waals surface area contributed by atoms with E-state index < -0.39 is 27.6 Å². The number of para-hydroxylation sites is 1. The average Bonchev–Trinajstić information content (AvgIpc) is 3.17. The molecule has 1 heterocycles. The molecule has 1 saturated carbocycles. The number of fused-ring (bicyclic) bond motifs is 6. The first-order valence-electron chi connectivity index (χ1n) is 10.6. The molecule has 0 saturated heterocycles. The van der Waals surface area contributed by atoms with E-state index in [0.717, 1.165) is 12.1 Å². The number of aromatic nitrogens is 2. The van der Waals surface area contributed by atoms with Crippen LogP contribution in [0.3, 0.4) is 0 Å². The standard InChI is InChI=1S/C23H19Cl2N5O4/c1-22(2)12-7-8-23(22,19-18(12)26-15-9-13(24)14(25)10-16(15)27-19)21(32)29-28-20(31)11-5-3-4-6-17(11)30(33)34/h3-6,9-10,12H,7-8H2,1-2H3,(H,28,31)(H,29,32). The first kappa shape index (κ1) is 22.5. The summed E-state index contributed by atoms with van der Waals surface area (Å²) in [6, 6.07) is 8.80. The molecule has 2 N–H and O–H groups in total. The Morgan fingerprint density at radius 3 is 2.41 bits per heavy atom. The number of carbonyl (C=O) groups excluding carboxylic acids is 2. The minimum Gasteiger partial charge on any atom is -0.272 e. The summed E-state index contributed by atoms with van der Waals surface area (Å²) in [4.78, 5) is 46.5. The van der Waals surface area contributed by atoms with Crippen molar-refractivity contribution in [3.63, 3.8) is 0 Å². The normalized spacial score (nSPS) is 21.8. The largest absolute Gasteiger partial charge is 0.282 e. The van der Waals surface area contributed by atoms with Crippen LogP contribution >= 0.6 is 23.2 Å². The van der Waals surface area contributed by atoms with E-state index in [-0.39, 0.29) is 17.2 Å². The zero-order chi connectivity index (χ0) is 24.4. The van der Waals surface area contributed by atoms with Gasteiger partial charge in [-0.25, -0.2) is 9.97 Å². The van der Waals surface area contributed by atoms with Gasteiger partial charge in [-0.05, 0) is 36.5 Å². The van der Waals surface area contributed by atoms with Crippen LogP contribution in [0.1, 0.15) is 54.4 Å². The van der Waals surface area contributed by atoms with Gasteiger partial charge in [0.05, 0.1) is 37.4 Å². The van der Waals surface area contributed by atoms with Crippen molar-refractivity contribution in [3.05, 3.63) is 73.5 Å². The van der Waals surface area contributed by atoms with Gasteiger partial charge >= 0.3 is 0 Å². The minimum atomic E-state index is -1.05. The topological polar surface area (TPSA) is 127 Å². The molecular formula is C23H19Cl2N5O4. The molecule has 3 aromatic rings. The number of hydrogen-bond acceptors (Lipinski definition) is 6. The number of hydrazine groups is 1. The maximum atomic E-state index is 13.6. The van der Waals surface area contributed by atoms with Crippen LogP contribution in [0.2, 0.25) is 10.0 Å². The highest BCUT2D eigenvalue weighted by molar-refractivity contribution is 6.42. The third-order valence-corrected chi connectivity index (χ3v) is 7.99. The summed E-state index contributed by atoms with van der Waals surface area (Å²) in [5.74, 6) is -1.24. The van der Waals surface area contributed by atoms with E-state index in [2.05, 4.69) is 10.9 Å². The lowest BCUT2D eigenvalue weighted by molar-refractivity contribution is -0.385. The highest BCUT2D eigenvalue weighted by Crippen LogP contribution is 2.67. The van der Waals surface area contributed by atoms with Gasteiger partial charge in [0.15, 0.2) is 0 Å². The van der Waals surface area contributed by atoms with Crippen LogP contribution < -0.4 is 10.9 Å². The van der Waals surface area contributed by atoms with E-state index in [9.17, 15) is 19.7 Å². The number of nitrogens with one attached hydrogen (secondary N) is 2. The van der Waals surface area contributed by atoms with Crippen LogP contribution in [-0.2, 0) is 10.2 Å². The van der Waals surface area contributed by atoms with Crippen molar-refractivity contribution in [2.45, 2.75) is 38.0 Å². The molecule has 9 nitrogen and oxygen atoms in total. The van der Waals surface area contributed by atoms with Crippen LogP contribution in [0.25, 0.3) is 11.0 Å². The summed E-state index contributed by atoms with van der Waals surface area (Å²) in [6.45, 7) is 3.98. The average molecular weight is 500 g/mol. The molecule has 0 aliphatic heterocycles. The fourth-order valence-corrected chi connectivity index (χ4v) is 5.81. The quantitative estimate of drug-likeness (QED) is 0.404. The van der Waals surface area contributed by atoms with Gasteiger partial charge in [0.25, 0.3) is 17.5 Å². The molecule has 2 aliphatic carbocycles. The van der Waals surface area contributed by atoms with Crippen LogP contribution in [0, 0.1) is 15.5 Å². The van der Waals surface area contributed by atoms with Crippen molar-refractivity contribution < 1.29 is 14.5 Å². The van der Waals surface area contributed by atoms with Crippen LogP contribution in [0.5, 0.6) is 0 Å². The van der Waals surface area contributed by atoms with Gasteiger partial charge in [-0.15, -0.1) is 0 Å². The first-order valence-corrected chi connectivity index (χ1v) is 11.3. The van der Waals surface area contributed by atoms with E-state index in [4.69, 9.17) is 33.2 Å². The minimum absolute atomic E-state index is 0.00878. The number of nitro groups is 1. The molecular weight excluding hydrogens is 481 g/mol. The SMILES string of the molecule is CC1(C)C2CCC1(C(=O)NNC(=O)c1ccccc1[N+](=O)[O-])c1nc3cc(Cl)c(Cl)cc3nc12. The molecule has 2 unspecified atom stereocenters. The van der Waals surface area contributed by atoms with E-state index in [1.807, 2.05) is 13.8 Å². The summed E-state index contributed by atoms with van der Waals surface area (Å²) < 4.78 is 0. The lowest BCUT2D eigenvalue weighted by atomic mass is 9.68. The van der Waals surface area contributed by atoms with Crippen molar-refractivity contribution in [2.24, 2.45) is 5.41 Å². The van der Waals surface area contributed by atoms with Gasteiger partial charge in [-0.1, -0.05) is 49.2 Å². The number of amides is 2. The Kier molecular flexibility index (Phi) is 5.03. The maximum Gasteiger partial charge on any atom is 0.282 e. The highest BCUT2D eigenvalue weighted by Gasteiger charge is 2.68. The summed E-state index contributed by atoms with van der Waals surface area (Å²) in [5, 5.41) is 12.0. The van der Waals surface area contributed by atoms with Crippen LogP contribution in [0.15, 0.2) is 36.4 Å². The fourth-order valence-electron chi connectivity index (χ4n) is 5.49. The Morgan fingerprint density at radius 1 is 1.09 bits per heavy atom. The van der Waals surface area contributed by atoms with Crippen LogP contribution in [-0.4, -0.2) is 26.7 Å². The number of nitro benzene ring substituents is 1. The predicted molar refractivity (Wildman–Crippen MR) is 126 cm³/mol. The lowest BCUT2D eigenvalue weighted by Crippen LogP contribution is -2.55. The predicted octanol–water partition coefficient (Wildman–Crippen LogP) is 4.46. The molecule has 2 aromatic carbocycles. The van der Waals surface area contributed by atoms with E-state index >= 15 is 0 Å². The molecule has 2 bridgehead atoms. The van der Waals surface area contributed by atoms with E-state index in [0.29, 0.717) is 33.2 Å². The Morgan fingerprint density at radius 2 is 1.74 bits per heavy atom. The monoisotopic (exact) mass is 499 g/mol. The fraction of sp³-hybridized carbons (Fsp3) is 0.304. The molecule has 2 atom stereocenters. The second-order valence-corrected chi connectivity index (χ2v) is 9.93. The summed E-state index contributed by atoms with van der Waals surface area (Å²) in [6.07, 6.45) is 1.25. The number of benzene rings is 2. The van der Waals surface area contributed by atoms with Gasteiger partial charge < -0.3 is 0 Å². The first-order chi connectivity index (χ1) is 16.1. The number of carbonyl (C=O) groups is 2. The maximum absolute atomic E-state index is 13.6. The van der Waals surface area contributed by atoms with Gasteiger partial charge in [0, 0.05) is 12.0 Å². The van der Waals surface area contributed by atoms with E-state index in [1.165, 1.54) is 24.3 Å². The zero-order valence-corrected chi connectivity index (χ0v) is 19.7. The number of hydrogen-bond donors (Lipinski definition) is 2. The van der Waals surface area contributed by atoms with Crippen molar-refractivity contribution in [1.82, 2.24) is 20.8 Å². The second kappa shape index (κ2) is 7.61. The summed E-state index contributed by atoms with van der Waals surface area (Å²) >= 11 is 12.3. The van der Waals surface area contributed by atoms with Gasteiger partial charge in [0.1, 0.15) is 11.0 Å². The van der Waals surface area contributed by atoms with E-state index in [1.54, 1.807) is 12.1 Å². The smallest absolute Gasteiger partial charge is 0.272 e. The molecule has 2 amide bonds. The number of halogens is 2. The summed E-state index contributed by atoms with van der Waals surface area (Å²) in [7, 11) is 0. The Labute approximate surface area is 204 Å². The molecule has 174 valence electrons. The second-order valence-electron chi connectivity index (χ2n) is 9.11. The molecule has 34 heavy (non-hydrogen) atoms. The van der Waals surface area contributed by atoms with Gasteiger partial charge in [0.2, 0.25) is 0 Å². The molecule has 11 heteroatoms. The number of rotatable bonds is 3. The zero-order valence-electron chi connectivity index (χ0n) is 18.2. The van der Waals surface area contributed by atoms with Crippen molar-refractivity contribution in [3.8, 4) is 0 Å². The molecule has 0 spiro atoms. The molecule has 0 radical (unpaired) electrons. The number of nitrogens with zero attached hydrogens (tertiary/aromatic N) is 3. The van der Waals surface area contributed by atoms with Gasteiger partial charge in [-0.3, -0.25) is 30.6 Å². The third-order valence-electron chi connectivity index (χ3n) is 7.27. The molecule has 1 fully saturated rings. The molecule has 1 aromatic heterocycles. The lowest BCUT2D eigenvalue weighted by Gasteiger charge is -2.36.